The van der Waals surface area contributed by atoms with E-state index in [0.29, 0.717) is 42.4 Å². The van der Waals surface area contributed by atoms with E-state index in [1.807, 2.05) is 18.4 Å². The summed E-state index contributed by atoms with van der Waals surface area (Å²) in [5, 5.41) is 0. The first-order valence-electron chi connectivity index (χ1n) is 11.7. The highest BCUT2D eigenvalue weighted by Gasteiger charge is 2.31. The molecule has 0 bridgehead atoms. The molecule has 1 atom stereocenters. The fourth-order valence-electron chi connectivity index (χ4n) is 4.24. The maximum Gasteiger partial charge on any atom is 0.338 e. The van der Waals surface area contributed by atoms with E-state index < -0.39 is 22.4 Å². The zero-order valence-electron chi connectivity index (χ0n) is 20.3. The minimum Gasteiger partial charge on any atom is -0.490 e. The van der Waals surface area contributed by atoms with Gasteiger partial charge >= 0.3 is 5.97 Å². The first kappa shape index (κ1) is 25.8. The van der Waals surface area contributed by atoms with Gasteiger partial charge in [0.05, 0.1) is 30.3 Å². The molecule has 9 heteroatoms. The number of Topliss-reactive ketones (excluding diaryl/α,β-unsaturated/α-hetero) is 1. The van der Waals surface area contributed by atoms with Crippen LogP contribution in [0.4, 0.5) is 0 Å². The van der Waals surface area contributed by atoms with Gasteiger partial charge in [-0.15, -0.1) is 0 Å². The number of sulfone groups is 1. The smallest absolute Gasteiger partial charge is 0.338 e. The first-order chi connectivity index (χ1) is 16.2. The molecule has 1 unspecified atom stereocenters. The standard InChI is InChI=1S/C25H33NO7S/c1-5-7-11-32-23-9-8-19(14-24(23)31-6-2)25(28)33-15-22(27)21-13-17(3)26(18(21)4)20-10-12-34(29,30)16-20/h8-9,13-14,20H,5-7,10-12,15-16H2,1-4H3. The lowest BCUT2D eigenvalue weighted by Crippen LogP contribution is -2.17. The predicted molar refractivity (Wildman–Crippen MR) is 129 cm³/mol. The van der Waals surface area contributed by atoms with Crippen molar-refractivity contribution in [1.29, 1.82) is 0 Å². The van der Waals surface area contributed by atoms with Crippen molar-refractivity contribution >= 4 is 21.6 Å². The summed E-state index contributed by atoms with van der Waals surface area (Å²) in [7, 11) is -3.05. The van der Waals surface area contributed by atoms with E-state index in [-0.39, 0.29) is 28.9 Å². The van der Waals surface area contributed by atoms with E-state index in [4.69, 9.17) is 14.2 Å². The van der Waals surface area contributed by atoms with E-state index in [1.165, 1.54) is 0 Å². The largest absolute Gasteiger partial charge is 0.490 e. The number of rotatable bonds is 11. The van der Waals surface area contributed by atoms with Crippen LogP contribution in [0.1, 0.15) is 71.3 Å². The highest BCUT2D eigenvalue weighted by Crippen LogP contribution is 2.30. The van der Waals surface area contributed by atoms with Gasteiger partial charge in [-0.3, -0.25) is 4.79 Å². The minimum atomic E-state index is -3.05. The number of aryl methyl sites for hydroxylation is 1. The second-order valence-electron chi connectivity index (χ2n) is 8.51. The van der Waals surface area contributed by atoms with Crippen LogP contribution in [-0.4, -0.2) is 56.1 Å². The molecule has 1 fully saturated rings. The summed E-state index contributed by atoms with van der Waals surface area (Å²) in [6.07, 6.45) is 2.45. The Labute approximate surface area is 201 Å². The lowest BCUT2D eigenvalue weighted by molar-refractivity contribution is 0.0474. The number of aromatic nitrogens is 1. The molecule has 0 N–H and O–H groups in total. The zero-order valence-corrected chi connectivity index (χ0v) is 21.1. The SMILES string of the molecule is CCCCOc1ccc(C(=O)OCC(=O)c2cc(C)n(C3CCS(=O)(=O)C3)c2C)cc1OCC. The zero-order chi connectivity index (χ0) is 24.9. The lowest BCUT2D eigenvalue weighted by Gasteiger charge is -2.16. The molecular formula is C25H33NO7S. The van der Waals surface area contributed by atoms with Crippen LogP contribution >= 0.6 is 0 Å². The van der Waals surface area contributed by atoms with Gasteiger partial charge in [0.2, 0.25) is 5.78 Å². The van der Waals surface area contributed by atoms with Crippen molar-refractivity contribution in [3.63, 3.8) is 0 Å². The number of ketones is 1. The molecule has 1 aromatic heterocycles. The lowest BCUT2D eigenvalue weighted by atomic mass is 10.1. The highest BCUT2D eigenvalue weighted by atomic mass is 32.2. The second-order valence-corrected chi connectivity index (χ2v) is 10.7. The van der Waals surface area contributed by atoms with Gasteiger partial charge in [-0.2, -0.15) is 0 Å². The van der Waals surface area contributed by atoms with Crippen LogP contribution in [0.5, 0.6) is 11.5 Å². The van der Waals surface area contributed by atoms with Crippen LogP contribution < -0.4 is 9.47 Å². The van der Waals surface area contributed by atoms with Crippen molar-refractivity contribution in [2.75, 3.05) is 31.3 Å². The Morgan fingerprint density at radius 1 is 1.09 bits per heavy atom. The summed E-state index contributed by atoms with van der Waals surface area (Å²) in [5.41, 5.74) is 2.20. The minimum absolute atomic E-state index is 0.0757. The monoisotopic (exact) mass is 491 g/mol. The summed E-state index contributed by atoms with van der Waals surface area (Å²) in [5.74, 6) is 0.274. The summed E-state index contributed by atoms with van der Waals surface area (Å²) >= 11 is 0. The Hall–Kier alpha value is -2.81. The molecule has 1 aliphatic heterocycles. The molecular weight excluding hydrogens is 458 g/mol. The van der Waals surface area contributed by atoms with Crippen LogP contribution in [0, 0.1) is 13.8 Å². The number of esters is 1. The second kappa shape index (κ2) is 11.1. The molecule has 3 rings (SSSR count). The third-order valence-electron chi connectivity index (χ3n) is 5.93. The van der Waals surface area contributed by atoms with Gasteiger partial charge in [-0.05, 0) is 57.9 Å². The van der Waals surface area contributed by atoms with Crippen LogP contribution in [-0.2, 0) is 14.6 Å². The van der Waals surface area contributed by atoms with E-state index in [2.05, 4.69) is 6.92 Å². The van der Waals surface area contributed by atoms with Crippen molar-refractivity contribution in [3.8, 4) is 11.5 Å². The molecule has 186 valence electrons. The topological polar surface area (TPSA) is 101 Å². The predicted octanol–water partition coefficient (Wildman–Crippen LogP) is 4.08. The number of hydrogen-bond acceptors (Lipinski definition) is 7. The van der Waals surface area contributed by atoms with Crippen LogP contribution in [0.3, 0.4) is 0 Å². The van der Waals surface area contributed by atoms with Crippen LogP contribution in [0.2, 0.25) is 0 Å². The highest BCUT2D eigenvalue weighted by molar-refractivity contribution is 7.91. The molecule has 34 heavy (non-hydrogen) atoms. The van der Waals surface area contributed by atoms with Gasteiger partial charge < -0.3 is 18.8 Å². The first-order valence-corrected chi connectivity index (χ1v) is 13.5. The van der Waals surface area contributed by atoms with Gasteiger partial charge in [-0.25, -0.2) is 13.2 Å². The Morgan fingerprint density at radius 2 is 1.85 bits per heavy atom. The maximum atomic E-state index is 12.8. The molecule has 1 aliphatic rings. The molecule has 2 aromatic rings. The summed E-state index contributed by atoms with van der Waals surface area (Å²) in [6, 6.07) is 6.37. The third kappa shape index (κ3) is 6.00. The molecule has 8 nitrogen and oxygen atoms in total. The molecule has 1 saturated heterocycles. The van der Waals surface area contributed by atoms with Gasteiger partial charge in [0.15, 0.2) is 27.9 Å². The number of benzene rings is 1. The fourth-order valence-corrected chi connectivity index (χ4v) is 5.94. The van der Waals surface area contributed by atoms with Gasteiger partial charge in [0.1, 0.15) is 0 Å². The molecule has 2 heterocycles. The average Bonchev–Trinajstić information content (AvgIpc) is 3.30. The van der Waals surface area contributed by atoms with Gasteiger partial charge in [0, 0.05) is 23.0 Å². The average molecular weight is 492 g/mol. The Morgan fingerprint density at radius 3 is 2.50 bits per heavy atom. The number of nitrogens with zero attached hydrogens (tertiary/aromatic N) is 1. The molecule has 0 saturated carbocycles. The third-order valence-corrected chi connectivity index (χ3v) is 7.68. The molecule has 0 amide bonds. The number of carbonyl (C=O) groups excluding carboxylic acids is 2. The number of carbonyl (C=O) groups is 2. The maximum absolute atomic E-state index is 12.8. The van der Waals surface area contributed by atoms with Crippen molar-refractivity contribution in [3.05, 3.63) is 46.8 Å². The van der Waals surface area contributed by atoms with Crippen LogP contribution in [0.15, 0.2) is 24.3 Å². The van der Waals surface area contributed by atoms with Crippen molar-refractivity contribution < 1.29 is 32.2 Å². The number of ether oxygens (including phenoxy) is 3. The fraction of sp³-hybridized carbons (Fsp3) is 0.520. The van der Waals surface area contributed by atoms with Crippen molar-refractivity contribution in [1.82, 2.24) is 4.57 Å². The summed E-state index contributed by atoms with van der Waals surface area (Å²) in [6.45, 7) is 8.11. The van der Waals surface area contributed by atoms with E-state index >= 15 is 0 Å². The molecule has 0 aliphatic carbocycles. The number of hydrogen-bond donors (Lipinski definition) is 0. The molecule has 1 aromatic carbocycles. The van der Waals surface area contributed by atoms with Gasteiger partial charge in [-0.1, -0.05) is 13.3 Å². The van der Waals surface area contributed by atoms with E-state index in [0.717, 1.165) is 18.5 Å². The number of unbranched alkanes of at least 4 members (excludes halogenated alkanes) is 1. The van der Waals surface area contributed by atoms with E-state index in [1.54, 1.807) is 31.2 Å². The quantitative estimate of drug-likeness (QED) is 0.265. The Balaban J connectivity index is 1.67. The van der Waals surface area contributed by atoms with Gasteiger partial charge in [0.25, 0.3) is 0 Å². The Kier molecular flexibility index (Phi) is 8.41. The molecule has 0 radical (unpaired) electrons. The Bertz CT molecular complexity index is 1150. The van der Waals surface area contributed by atoms with Crippen LogP contribution in [0.25, 0.3) is 0 Å². The van der Waals surface area contributed by atoms with Crippen molar-refractivity contribution in [2.24, 2.45) is 0 Å². The molecule has 0 spiro atoms. The summed E-state index contributed by atoms with van der Waals surface area (Å²) < 4.78 is 42.3. The summed E-state index contributed by atoms with van der Waals surface area (Å²) in [4.78, 5) is 25.4. The van der Waals surface area contributed by atoms with E-state index in [9.17, 15) is 18.0 Å². The van der Waals surface area contributed by atoms with Crippen molar-refractivity contribution in [2.45, 2.75) is 53.0 Å². The normalized spacial score (nSPS) is 16.9.